The van der Waals surface area contributed by atoms with E-state index in [0.29, 0.717) is 5.69 Å². The van der Waals surface area contributed by atoms with Gasteiger partial charge in [-0.3, -0.25) is 9.59 Å². The van der Waals surface area contributed by atoms with E-state index in [1.807, 2.05) is 70.2 Å². The van der Waals surface area contributed by atoms with Crippen LogP contribution in [0.25, 0.3) is 11.8 Å². The third-order valence-electron chi connectivity index (χ3n) is 5.73. The molecule has 168 valence electrons. The van der Waals surface area contributed by atoms with Crippen molar-refractivity contribution in [2.75, 3.05) is 11.9 Å². The fourth-order valence-corrected chi connectivity index (χ4v) is 3.97. The lowest BCUT2D eigenvalue weighted by Gasteiger charge is -2.12. The van der Waals surface area contributed by atoms with E-state index in [9.17, 15) is 14.4 Å². The van der Waals surface area contributed by atoms with Crippen LogP contribution in [0.1, 0.15) is 28.1 Å². The summed E-state index contributed by atoms with van der Waals surface area (Å²) in [6.07, 6.45) is 1.66. The smallest absolute Gasteiger partial charge is 0.325 e. The Balaban J connectivity index is 1.53. The van der Waals surface area contributed by atoms with Gasteiger partial charge in [-0.05, 0) is 69.2 Å². The van der Waals surface area contributed by atoms with Crippen LogP contribution >= 0.6 is 0 Å². The summed E-state index contributed by atoms with van der Waals surface area (Å²) in [5.41, 5.74) is 6.81. The molecule has 4 rings (SSSR count). The van der Waals surface area contributed by atoms with Crippen LogP contribution < -0.4 is 10.6 Å². The maximum Gasteiger partial charge on any atom is 0.329 e. The highest BCUT2D eigenvalue weighted by Crippen LogP contribution is 2.25. The first-order valence-electron chi connectivity index (χ1n) is 10.7. The molecule has 1 aliphatic rings. The Bertz CT molecular complexity index is 1290. The van der Waals surface area contributed by atoms with Crippen LogP contribution in [-0.2, 0) is 9.59 Å². The minimum atomic E-state index is -0.613. The first-order valence-corrected chi connectivity index (χ1v) is 10.7. The summed E-state index contributed by atoms with van der Waals surface area (Å²) in [7, 11) is 0. The van der Waals surface area contributed by atoms with Crippen molar-refractivity contribution in [2.24, 2.45) is 0 Å². The van der Waals surface area contributed by atoms with Gasteiger partial charge in [0.25, 0.3) is 5.91 Å². The fraction of sp³-hybridized carbons (Fsp3) is 0.192. The van der Waals surface area contributed by atoms with Crippen molar-refractivity contribution < 1.29 is 14.4 Å². The van der Waals surface area contributed by atoms with Crippen LogP contribution in [0.15, 0.2) is 60.3 Å². The number of nitrogens with zero attached hydrogens (tertiary/aromatic N) is 2. The summed E-state index contributed by atoms with van der Waals surface area (Å²) in [5.74, 6) is -0.971. The zero-order chi connectivity index (χ0) is 23.7. The van der Waals surface area contributed by atoms with E-state index >= 15 is 0 Å². The van der Waals surface area contributed by atoms with E-state index in [-0.39, 0.29) is 12.2 Å². The van der Waals surface area contributed by atoms with Gasteiger partial charge >= 0.3 is 6.03 Å². The number of carbonyl (C=O) groups is 3. The number of para-hydroxylation sites is 1. The number of aryl methyl sites for hydroxylation is 3. The molecule has 7 heteroatoms. The van der Waals surface area contributed by atoms with Crippen LogP contribution in [0.4, 0.5) is 10.5 Å². The SMILES string of the molecule is Cc1ccc(NC(=O)CN2C(=O)NC(=Cc3cc(C)n(-c4ccccc4C)c3C)C2=O)cc1. The molecule has 0 radical (unpaired) electrons. The minimum absolute atomic E-state index is 0.146. The zero-order valence-corrected chi connectivity index (χ0v) is 19.1. The number of hydrogen-bond acceptors (Lipinski definition) is 3. The van der Waals surface area contributed by atoms with E-state index in [1.54, 1.807) is 18.2 Å². The molecule has 0 unspecified atom stereocenters. The van der Waals surface area contributed by atoms with Gasteiger partial charge in [0.05, 0.1) is 0 Å². The van der Waals surface area contributed by atoms with Crippen LogP contribution in [-0.4, -0.2) is 33.9 Å². The molecule has 0 spiro atoms. The molecule has 1 fully saturated rings. The van der Waals surface area contributed by atoms with Gasteiger partial charge in [0.1, 0.15) is 12.2 Å². The van der Waals surface area contributed by atoms with E-state index in [2.05, 4.69) is 15.2 Å². The molecule has 0 atom stereocenters. The number of carbonyl (C=O) groups excluding carboxylic acids is 3. The monoisotopic (exact) mass is 442 g/mol. The second kappa shape index (κ2) is 8.78. The Labute approximate surface area is 192 Å². The number of amides is 4. The first kappa shape index (κ1) is 22.1. The molecule has 3 aromatic rings. The maximum atomic E-state index is 12.9. The van der Waals surface area contributed by atoms with Crippen molar-refractivity contribution in [1.82, 2.24) is 14.8 Å². The molecule has 1 aliphatic heterocycles. The molecule has 0 saturated carbocycles. The molecule has 2 heterocycles. The van der Waals surface area contributed by atoms with Gasteiger partial charge in [0.2, 0.25) is 5.91 Å². The summed E-state index contributed by atoms with van der Waals surface area (Å²) in [6, 6.07) is 16.7. The van der Waals surface area contributed by atoms with Crippen molar-refractivity contribution in [3.8, 4) is 5.69 Å². The topological polar surface area (TPSA) is 83.4 Å². The summed E-state index contributed by atoms with van der Waals surface area (Å²) in [6.45, 7) is 7.61. The predicted octanol–water partition coefficient (Wildman–Crippen LogP) is 4.24. The van der Waals surface area contributed by atoms with Gasteiger partial charge in [0, 0.05) is 22.8 Å². The van der Waals surface area contributed by atoms with Crippen molar-refractivity contribution >= 4 is 29.6 Å². The van der Waals surface area contributed by atoms with Gasteiger partial charge in [-0.25, -0.2) is 9.69 Å². The molecular weight excluding hydrogens is 416 g/mol. The minimum Gasteiger partial charge on any atom is -0.325 e. The van der Waals surface area contributed by atoms with Crippen molar-refractivity contribution in [3.05, 3.63) is 88.4 Å². The van der Waals surface area contributed by atoms with E-state index in [4.69, 9.17) is 0 Å². The summed E-state index contributed by atoms with van der Waals surface area (Å²) < 4.78 is 2.12. The average molecular weight is 443 g/mol. The number of imide groups is 1. The Morgan fingerprint density at radius 1 is 1.00 bits per heavy atom. The first-order chi connectivity index (χ1) is 15.7. The molecule has 7 nitrogen and oxygen atoms in total. The number of hydrogen-bond donors (Lipinski definition) is 2. The van der Waals surface area contributed by atoms with Crippen LogP contribution in [0.5, 0.6) is 0 Å². The number of rotatable bonds is 5. The average Bonchev–Trinajstić information content (AvgIpc) is 3.19. The number of benzene rings is 2. The normalized spacial score (nSPS) is 14.7. The Hall–Kier alpha value is -4.13. The van der Waals surface area contributed by atoms with E-state index in [0.717, 1.165) is 38.7 Å². The lowest BCUT2D eigenvalue weighted by molar-refractivity contribution is -0.127. The van der Waals surface area contributed by atoms with E-state index < -0.39 is 17.8 Å². The highest BCUT2D eigenvalue weighted by molar-refractivity contribution is 6.16. The summed E-state index contributed by atoms with van der Waals surface area (Å²) in [4.78, 5) is 38.6. The molecular formula is C26H26N4O3. The third kappa shape index (κ3) is 4.43. The van der Waals surface area contributed by atoms with Crippen LogP contribution in [0, 0.1) is 27.7 Å². The Morgan fingerprint density at radius 3 is 2.39 bits per heavy atom. The van der Waals surface area contributed by atoms with Crippen LogP contribution in [0.3, 0.4) is 0 Å². The molecule has 33 heavy (non-hydrogen) atoms. The number of anilines is 1. The van der Waals surface area contributed by atoms with Gasteiger partial charge in [0.15, 0.2) is 0 Å². The zero-order valence-electron chi connectivity index (χ0n) is 19.1. The standard InChI is InChI=1S/C26H26N4O3/c1-16-9-11-21(12-10-16)27-24(31)15-29-25(32)22(28-26(29)33)14-20-13-18(3)30(19(20)4)23-8-6-5-7-17(23)2/h5-14H,15H2,1-4H3,(H,27,31)(H,28,33). The third-order valence-corrected chi connectivity index (χ3v) is 5.73. The van der Waals surface area contributed by atoms with Gasteiger partial charge in [-0.2, -0.15) is 0 Å². The molecule has 0 bridgehead atoms. The quantitative estimate of drug-likeness (QED) is 0.458. The summed E-state index contributed by atoms with van der Waals surface area (Å²) in [5, 5.41) is 5.30. The molecule has 4 amide bonds. The highest BCUT2D eigenvalue weighted by Gasteiger charge is 2.35. The van der Waals surface area contributed by atoms with Crippen LogP contribution in [0.2, 0.25) is 0 Å². The lowest BCUT2D eigenvalue weighted by atomic mass is 10.2. The molecule has 1 aromatic heterocycles. The van der Waals surface area contributed by atoms with Gasteiger partial charge in [-0.15, -0.1) is 0 Å². The fourth-order valence-electron chi connectivity index (χ4n) is 3.97. The van der Waals surface area contributed by atoms with Crippen molar-refractivity contribution in [1.29, 1.82) is 0 Å². The van der Waals surface area contributed by atoms with Gasteiger partial charge < -0.3 is 15.2 Å². The molecule has 1 saturated heterocycles. The number of urea groups is 1. The Kier molecular flexibility index (Phi) is 5.87. The van der Waals surface area contributed by atoms with Crippen molar-refractivity contribution in [2.45, 2.75) is 27.7 Å². The van der Waals surface area contributed by atoms with Gasteiger partial charge in [-0.1, -0.05) is 35.9 Å². The van der Waals surface area contributed by atoms with E-state index in [1.165, 1.54) is 0 Å². The lowest BCUT2D eigenvalue weighted by Crippen LogP contribution is -2.38. The van der Waals surface area contributed by atoms with Crippen molar-refractivity contribution in [3.63, 3.8) is 0 Å². The largest absolute Gasteiger partial charge is 0.329 e. The maximum absolute atomic E-state index is 12.9. The Morgan fingerprint density at radius 2 is 1.70 bits per heavy atom. The second-order valence-corrected chi connectivity index (χ2v) is 8.24. The number of nitrogens with one attached hydrogen (secondary N) is 2. The number of aromatic nitrogens is 1. The highest BCUT2D eigenvalue weighted by atomic mass is 16.2. The predicted molar refractivity (Wildman–Crippen MR) is 128 cm³/mol. The molecule has 0 aliphatic carbocycles. The second-order valence-electron chi connectivity index (χ2n) is 8.24. The molecule has 2 aromatic carbocycles. The summed E-state index contributed by atoms with van der Waals surface area (Å²) >= 11 is 0. The molecule has 2 N–H and O–H groups in total.